The maximum absolute atomic E-state index is 13.4. The van der Waals surface area contributed by atoms with Gasteiger partial charge < -0.3 is 14.8 Å². The predicted octanol–water partition coefficient (Wildman–Crippen LogP) is 5.00. The standard InChI is InChI=1S/C28H33IN4O/c1-18-12-22(20-6-4-19(5-7-20)16-32(2)3)14-25(29)24(18)13-21-10-11-33(28(21)34)23-8-9-26-27(15-23)31-17-30-26/h4-7,12,14,17,21,23H,8-11,13,15-16H2,1-3H3,(H,30,31)/t21-,23?/m0/s1. The number of benzene rings is 2. The number of aromatic amines is 1. The summed E-state index contributed by atoms with van der Waals surface area (Å²) in [5, 5.41) is 0. The zero-order chi connectivity index (χ0) is 23.8. The number of imidazole rings is 1. The van der Waals surface area contributed by atoms with Gasteiger partial charge in [-0.1, -0.05) is 30.3 Å². The van der Waals surface area contributed by atoms with Gasteiger partial charge in [-0.2, -0.15) is 0 Å². The summed E-state index contributed by atoms with van der Waals surface area (Å²) in [6.07, 6.45) is 6.48. The maximum Gasteiger partial charge on any atom is 0.226 e. The molecule has 0 bridgehead atoms. The Hall–Kier alpha value is -2.19. The van der Waals surface area contributed by atoms with Crippen LogP contribution in [0.5, 0.6) is 0 Å². The fraction of sp³-hybridized carbons (Fsp3) is 0.429. The number of rotatable bonds is 6. The van der Waals surface area contributed by atoms with Crippen molar-refractivity contribution in [1.82, 2.24) is 19.8 Å². The molecule has 34 heavy (non-hydrogen) atoms. The number of likely N-dealkylation sites (tertiary alicyclic amines) is 1. The molecule has 2 atom stereocenters. The number of H-pyrrole nitrogens is 1. The molecule has 178 valence electrons. The van der Waals surface area contributed by atoms with Crippen LogP contribution in [0.15, 0.2) is 42.7 Å². The van der Waals surface area contributed by atoms with Crippen molar-refractivity contribution < 1.29 is 4.79 Å². The predicted molar refractivity (Wildman–Crippen MR) is 145 cm³/mol. The van der Waals surface area contributed by atoms with Crippen LogP contribution in [0.2, 0.25) is 0 Å². The van der Waals surface area contributed by atoms with Gasteiger partial charge in [-0.05, 0) is 103 Å². The fourth-order valence-electron chi connectivity index (χ4n) is 5.57. The summed E-state index contributed by atoms with van der Waals surface area (Å²) in [6.45, 7) is 4.02. The van der Waals surface area contributed by atoms with Crippen LogP contribution >= 0.6 is 22.6 Å². The summed E-state index contributed by atoms with van der Waals surface area (Å²) < 4.78 is 1.26. The Morgan fingerprint density at radius 2 is 1.94 bits per heavy atom. The van der Waals surface area contributed by atoms with E-state index in [1.54, 1.807) is 6.33 Å². The molecule has 1 aliphatic carbocycles. The van der Waals surface area contributed by atoms with Crippen molar-refractivity contribution in [1.29, 1.82) is 0 Å². The molecule has 5 rings (SSSR count). The molecule has 1 amide bonds. The normalized spacial score (nSPS) is 20.3. The van der Waals surface area contributed by atoms with E-state index in [9.17, 15) is 4.79 Å². The summed E-state index contributed by atoms with van der Waals surface area (Å²) in [7, 11) is 4.19. The Morgan fingerprint density at radius 3 is 2.68 bits per heavy atom. The Bertz CT molecular complexity index is 1160. The number of halogens is 1. The Morgan fingerprint density at radius 1 is 1.15 bits per heavy atom. The Kier molecular flexibility index (Phi) is 6.80. The van der Waals surface area contributed by atoms with Crippen LogP contribution in [0, 0.1) is 16.4 Å². The first kappa shape index (κ1) is 23.5. The second-order valence-corrected chi connectivity index (χ2v) is 11.3. The van der Waals surface area contributed by atoms with E-state index in [1.165, 1.54) is 37.1 Å². The second-order valence-electron chi connectivity index (χ2n) is 10.1. The monoisotopic (exact) mass is 568 g/mol. The molecule has 0 spiro atoms. The fourth-order valence-corrected chi connectivity index (χ4v) is 6.55. The van der Waals surface area contributed by atoms with Gasteiger partial charge >= 0.3 is 0 Å². The first-order chi connectivity index (χ1) is 16.4. The molecule has 6 heteroatoms. The van der Waals surface area contributed by atoms with Crippen molar-refractivity contribution in [2.45, 2.75) is 51.6 Å². The second kappa shape index (κ2) is 9.82. The number of aromatic nitrogens is 2. The van der Waals surface area contributed by atoms with Gasteiger partial charge in [-0.25, -0.2) is 4.98 Å². The molecule has 1 saturated heterocycles. The summed E-state index contributed by atoms with van der Waals surface area (Å²) in [4.78, 5) is 25.4. The third kappa shape index (κ3) is 4.80. The van der Waals surface area contributed by atoms with Crippen molar-refractivity contribution in [3.05, 3.63) is 74.4 Å². The van der Waals surface area contributed by atoms with Crippen molar-refractivity contribution in [3.8, 4) is 11.1 Å². The Balaban J connectivity index is 1.28. The molecule has 1 aromatic heterocycles. The van der Waals surface area contributed by atoms with E-state index in [0.717, 1.165) is 50.9 Å². The number of aryl methyl sites for hydroxylation is 2. The average Bonchev–Trinajstić information content (AvgIpc) is 3.42. The van der Waals surface area contributed by atoms with Crippen molar-refractivity contribution >= 4 is 28.5 Å². The highest BCUT2D eigenvalue weighted by molar-refractivity contribution is 14.1. The molecular weight excluding hydrogens is 535 g/mol. The van der Waals surface area contributed by atoms with Crippen LogP contribution in [-0.4, -0.2) is 52.4 Å². The minimum Gasteiger partial charge on any atom is -0.348 e. The van der Waals surface area contributed by atoms with Gasteiger partial charge in [-0.3, -0.25) is 4.79 Å². The van der Waals surface area contributed by atoms with Crippen LogP contribution in [0.3, 0.4) is 0 Å². The smallest absolute Gasteiger partial charge is 0.226 e. The van der Waals surface area contributed by atoms with Gasteiger partial charge in [0.25, 0.3) is 0 Å². The third-order valence-electron chi connectivity index (χ3n) is 7.41. The number of nitrogens with one attached hydrogen (secondary N) is 1. The number of nitrogens with zero attached hydrogens (tertiary/aromatic N) is 3. The molecule has 1 N–H and O–H groups in total. The van der Waals surface area contributed by atoms with E-state index in [2.05, 4.69) is 99.8 Å². The number of amides is 1. The largest absolute Gasteiger partial charge is 0.348 e. The van der Waals surface area contributed by atoms with E-state index in [4.69, 9.17) is 0 Å². The average molecular weight is 569 g/mol. The molecule has 2 aliphatic rings. The number of carbonyl (C=O) groups is 1. The van der Waals surface area contributed by atoms with Crippen LogP contribution in [-0.2, 0) is 30.6 Å². The first-order valence-electron chi connectivity index (χ1n) is 12.2. The van der Waals surface area contributed by atoms with E-state index in [1.807, 2.05) is 0 Å². The molecule has 1 aliphatic heterocycles. The summed E-state index contributed by atoms with van der Waals surface area (Å²) in [6, 6.07) is 13.7. The maximum atomic E-state index is 13.4. The number of hydrogen-bond donors (Lipinski definition) is 1. The van der Waals surface area contributed by atoms with Crippen molar-refractivity contribution in [2.75, 3.05) is 20.6 Å². The van der Waals surface area contributed by atoms with Gasteiger partial charge in [0, 0.05) is 40.7 Å². The molecule has 1 fully saturated rings. The van der Waals surface area contributed by atoms with Crippen molar-refractivity contribution in [3.63, 3.8) is 0 Å². The summed E-state index contributed by atoms with van der Waals surface area (Å²) in [5.41, 5.74) is 8.81. The topological polar surface area (TPSA) is 52.2 Å². The highest BCUT2D eigenvalue weighted by Gasteiger charge is 2.37. The van der Waals surface area contributed by atoms with Gasteiger partial charge in [0.05, 0.1) is 12.0 Å². The van der Waals surface area contributed by atoms with Gasteiger partial charge in [0.15, 0.2) is 0 Å². The number of hydrogen-bond acceptors (Lipinski definition) is 3. The molecule has 2 aromatic carbocycles. The number of fused-ring (bicyclic) bond motifs is 1. The van der Waals surface area contributed by atoms with Crippen LogP contribution < -0.4 is 0 Å². The molecule has 1 unspecified atom stereocenters. The lowest BCUT2D eigenvalue weighted by molar-refractivity contribution is -0.133. The Labute approximate surface area is 216 Å². The minimum atomic E-state index is 0.0870. The van der Waals surface area contributed by atoms with Crippen LogP contribution in [0.4, 0.5) is 0 Å². The lowest BCUT2D eigenvalue weighted by atomic mass is 9.92. The highest BCUT2D eigenvalue weighted by atomic mass is 127. The zero-order valence-corrected chi connectivity index (χ0v) is 22.4. The van der Waals surface area contributed by atoms with Crippen molar-refractivity contribution in [2.24, 2.45) is 5.92 Å². The number of carbonyl (C=O) groups excluding carboxylic acids is 1. The minimum absolute atomic E-state index is 0.0870. The van der Waals surface area contributed by atoms with E-state index in [0.29, 0.717) is 11.9 Å². The van der Waals surface area contributed by atoms with Gasteiger partial charge in [-0.15, -0.1) is 0 Å². The summed E-state index contributed by atoms with van der Waals surface area (Å²) in [5.74, 6) is 0.420. The first-order valence-corrected chi connectivity index (χ1v) is 13.3. The van der Waals surface area contributed by atoms with E-state index in [-0.39, 0.29) is 5.92 Å². The third-order valence-corrected chi connectivity index (χ3v) is 8.37. The lowest BCUT2D eigenvalue weighted by Gasteiger charge is -2.31. The zero-order valence-electron chi connectivity index (χ0n) is 20.3. The molecular formula is C28H33IN4O. The van der Waals surface area contributed by atoms with E-state index < -0.39 is 0 Å². The quantitative estimate of drug-likeness (QED) is 0.426. The molecule has 2 heterocycles. The van der Waals surface area contributed by atoms with Gasteiger partial charge in [0.1, 0.15) is 0 Å². The lowest BCUT2D eigenvalue weighted by Crippen LogP contribution is -2.41. The van der Waals surface area contributed by atoms with E-state index >= 15 is 0 Å². The van der Waals surface area contributed by atoms with Gasteiger partial charge in [0.2, 0.25) is 5.91 Å². The van der Waals surface area contributed by atoms with Crippen LogP contribution in [0.25, 0.3) is 11.1 Å². The molecule has 3 aromatic rings. The summed E-state index contributed by atoms with van der Waals surface area (Å²) >= 11 is 2.46. The van der Waals surface area contributed by atoms with Crippen LogP contribution in [0.1, 0.15) is 40.9 Å². The SMILES string of the molecule is Cc1cc(-c2ccc(CN(C)C)cc2)cc(I)c1C[C@@H]1CCN(C2CCc3[nH]cnc3C2)C1=O. The molecule has 0 radical (unpaired) electrons. The highest BCUT2D eigenvalue weighted by Crippen LogP contribution is 2.33. The molecule has 0 saturated carbocycles. The molecule has 5 nitrogen and oxygen atoms in total.